The summed E-state index contributed by atoms with van der Waals surface area (Å²) >= 11 is 5.78. The predicted molar refractivity (Wildman–Crippen MR) is 61.5 cm³/mol. The fourth-order valence-corrected chi connectivity index (χ4v) is 1.71. The van der Waals surface area contributed by atoms with Gasteiger partial charge in [0.05, 0.1) is 0 Å². The molecule has 1 unspecified atom stereocenters. The first kappa shape index (κ1) is 12.4. The molecule has 0 aromatic heterocycles. The molecule has 0 bridgehead atoms. The van der Waals surface area contributed by atoms with Gasteiger partial charge in [-0.05, 0) is 23.8 Å². The molecule has 0 saturated carbocycles. The Kier molecular flexibility index (Phi) is 4.51. The quantitative estimate of drug-likeness (QED) is 0.834. The zero-order valence-corrected chi connectivity index (χ0v) is 9.68. The van der Waals surface area contributed by atoms with E-state index >= 15 is 0 Å². The normalized spacial score (nSPS) is 13.2. The Morgan fingerprint density at radius 3 is 2.53 bits per heavy atom. The third-order valence-corrected chi connectivity index (χ3v) is 2.28. The van der Waals surface area contributed by atoms with E-state index in [0.717, 1.165) is 5.56 Å². The molecule has 4 heteroatoms. The zero-order chi connectivity index (χ0) is 11.4. The van der Waals surface area contributed by atoms with Crippen molar-refractivity contribution in [2.24, 2.45) is 5.73 Å². The average Bonchev–Trinajstić information content (AvgIpc) is 2.12. The number of hydrogen-bond donors (Lipinski definition) is 2. The molecule has 0 amide bonds. The SMILES string of the molecule is CC(C)NC(CN)c1cc(F)cc(Cl)c1. The van der Waals surface area contributed by atoms with E-state index in [0.29, 0.717) is 17.6 Å². The van der Waals surface area contributed by atoms with Gasteiger partial charge >= 0.3 is 0 Å². The molecule has 2 nitrogen and oxygen atoms in total. The van der Waals surface area contributed by atoms with Crippen LogP contribution in [0.1, 0.15) is 25.5 Å². The Balaban J connectivity index is 2.91. The molecule has 1 rings (SSSR count). The van der Waals surface area contributed by atoms with Crippen LogP contribution >= 0.6 is 11.6 Å². The van der Waals surface area contributed by atoms with Crippen LogP contribution in [0.15, 0.2) is 18.2 Å². The van der Waals surface area contributed by atoms with Gasteiger partial charge in [0.2, 0.25) is 0 Å². The zero-order valence-electron chi connectivity index (χ0n) is 8.93. The fourth-order valence-electron chi connectivity index (χ4n) is 1.48. The van der Waals surface area contributed by atoms with Crippen molar-refractivity contribution in [3.8, 4) is 0 Å². The van der Waals surface area contributed by atoms with E-state index in [2.05, 4.69) is 5.32 Å². The molecule has 0 spiro atoms. The van der Waals surface area contributed by atoms with Gasteiger partial charge in [0.1, 0.15) is 5.82 Å². The minimum Gasteiger partial charge on any atom is -0.329 e. The van der Waals surface area contributed by atoms with Crippen molar-refractivity contribution in [2.75, 3.05) is 6.54 Å². The molecule has 0 aliphatic heterocycles. The molecule has 3 N–H and O–H groups in total. The summed E-state index contributed by atoms with van der Waals surface area (Å²) in [6.45, 7) is 4.45. The van der Waals surface area contributed by atoms with E-state index < -0.39 is 0 Å². The maximum Gasteiger partial charge on any atom is 0.125 e. The summed E-state index contributed by atoms with van der Waals surface area (Å²) < 4.78 is 13.1. The molecule has 0 heterocycles. The first-order valence-corrected chi connectivity index (χ1v) is 5.33. The van der Waals surface area contributed by atoms with Crippen molar-refractivity contribution in [2.45, 2.75) is 25.9 Å². The van der Waals surface area contributed by atoms with Gasteiger partial charge < -0.3 is 11.1 Å². The molecule has 0 fully saturated rings. The van der Waals surface area contributed by atoms with E-state index in [1.54, 1.807) is 6.07 Å². The standard InChI is InChI=1S/C11H16ClFN2/c1-7(2)15-11(6-14)8-3-9(12)5-10(13)4-8/h3-5,7,11,15H,6,14H2,1-2H3. The number of benzene rings is 1. The van der Waals surface area contributed by atoms with E-state index in [4.69, 9.17) is 17.3 Å². The molecule has 84 valence electrons. The third-order valence-electron chi connectivity index (χ3n) is 2.06. The van der Waals surface area contributed by atoms with Crippen LogP contribution in [0, 0.1) is 5.82 Å². The third kappa shape index (κ3) is 3.78. The lowest BCUT2D eigenvalue weighted by molar-refractivity contribution is 0.481. The van der Waals surface area contributed by atoms with E-state index in [1.807, 2.05) is 13.8 Å². The predicted octanol–water partition coefficient (Wildman–Crippen LogP) is 2.48. The van der Waals surface area contributed by atoms with Crippen LogP contribution in [0.2, 0.25) is 5.02 Å². The van der Waals surface area contributed by atoms with E-state index in [1.165, 1.54) is 12.1 Å². The molecule has 1 aromatic carbocycles. The molecule has 1 atom stereocenters. The Morgan fingerprint density at radius 2 is 2.07 bits per heavy atom. The summed E-state index contributed by atoms with van der Waals surface area (Å²) in [5, 5.41) is 3.65. The molecular weight excluding hydrogens is 215 g/mol. The summed E-state index contributed by atoms with van der Waals surface area (Å²) in [5.74, 6) is -0.332. The van der Waals surface area contributed by atoms with Crippen LogP contribution in [-0.4, -0.2) is 12.6 Å². The monoisotopic (exact) mass is 230 g/mol. The highest BCUT2D eigenvalue weighted by Gasteiger charge is 2.12. The molecule has 0 saturated heterocycles. The summed E-state index contributed by atoms with van der Waals surface area (Å²) in [7, 11) is 0. The maximum absolute atomic E-state index is 13.1. The lowest BCUT2D eigenvalue weighted by Crippen LogP contribution is -2.33. The second kappa shape index (κ2) is 5.45. The van der Waals surface area contributed by atoms with Crippen molar-refractivity contribution in [1.82, 2.24) is 5.32 Å². The smallest absolute Gasteiger partial charge is 0.125 e. The van der Waals surface area contributed by atoms with Crippen molar-refractivity contribution < 1.29 is 4.39 Å². The average molecular weight is 231 g/mol. The highest BCUT2D eigenvalue weighted by Crippen LogP contribution is 2.19. The van der Waals surface area contributed by atoms with Crippen LogP contribution in [0.5, 0.6) is 0 Å². The number of nitrogens with one attached hydrogen (secondary N) is 1. The first-order chi connectivity index (χ1) is 7.02. The number of nitrogens with two attached hydrogens (primary N) is 1. The Bertz CT molecular complexity index is 308. The van der Waals surface area contributed by atoms with Gasteiger partial charge in [0.15, 0.2) is 0 Å². The van der Waals surface area contributed by atoms with Crippen LogP contribution in [0.25, 0.3) is 0 Å². The molecule has 0 aliphatic carbocycles. The van der Waals surface area contributed by atoms with Gasteiger partial charge in [-0.15, -0.1) is 0 Å². The Hall–Kier alpha value is -0.640. The lowest BCUT2D eigenvalue weighted by Gasteiger charge is -2.20. The second-order valence-corrected chi connectivity index (χ2v) is 4.25. The van der Waals surface area contributed by atoms with Crippen molar-refractivity contribution >= 4 is 11.6 Å². The topological polar surface area (TPSA) is 38.0 Å². The fraction of sp³-hybridized carbons (Fsp3) is 0.455. The summed E-state index contributed by atoms with van der Waals surface area (Å²) in [6.07, 6.45) is 0. The van der Waals surface area contributed by atoms with Crippen molar-refractivity contribution in [1.29, 1.82) is 0 Å². The molecule has 15 heavy (non-hydrogen) atoms. The van der Waals surface area contributed by atoms with E-state index in [9.17, 15) is 4.39 Å². The molecular formula is C11H16ClFN2. The van der Waals surface area contributed by atoms with Crippen LogP contribution < -0.4 is 11.1 Å². The highest BCUT2D eigenvalue weighted by atomic mass is 35.5. The number of rotatable bonds is 4. The summed E-state index contributed by atoms with van der Waals surface area (Å²) in [4.78, 5) is 0. The highest BCUT2D eigenvalue weighted by molar-refractivity contribution is 6.30. The molecule has 1 aromatic rings. The van der Waals surface area contributed by atoms with Crippen molar-refractivity contribution in [3.05, 3.63) is 34.6 Å². The van der Waals surface area contributed by atoms with Crippen LogP contribution in [0.3, 0.4) is 0 Å². The Labute approximate surface area is 94.6 Å². The van der Waals surface area contributed by atoms with Gasteiger partial charge in [-0.3, -0.25) is 0 Å². The largest absolute Gasteiger partial charge is 0.329 e. The number of hydrogen-bond acceptors (Lipinski definition) is 2. The lowest BCUT2D eigenvalue weighted by atomic mass is 10.1. The van der Waals surface area contributed by atoms with Gasteiger partial charge in [0.25, 0.3) is 0 Å². The number of halogens is 2. The summed E-state index contributed by atoms with van der Waals surface area (Å²) in [5.41, 5.74) is 6.41. The second-order valence-electron chi connectivity index (χ2n) is 3.81. The van der Waals surface area contributed by atoms with Gasteiger partial charge in [-0.25, -0.2) is 4.39 Å². The van der Waals surface area contributed by atoms with Crippen LogP contribution in [0.4, 0.5) is 4.39 Å². The van der Waals surface area contributed by atoms with E-state index in [-0.39, 0.29) is 11.9 Å². The van der Waals surface area contributed by atoms with Crippen molar-refractivity contribution in [3.63, 3.8) is 0 Å². The van der Waals surface area contributed by atoms with Gasteiger partial charge in [-0.2, -0.15) is 0 Å². The molecule has 0 aliphatic rings. The van der Waals surface area contributed by atoms with Gasteiger partial charge in [-0.1, -0.05) is 25.4 Å². The maximum atomic E-state index is 13.1. The van der Waals surface area contributed by atoms with Gasteiger partial charge in [0, 0.05) is 23.7 Å². The minimum absolute atomic E-state index is 0.0572. The summed E-state index contributed by atoms with van der Waals surface area (Å²) in [6, 6.07) is 4.71. The van der Waals surface area contributed by atoms with Crippen LogP contribution in [-0.2, 0) is 0 Å². The Morgan fingerprint density at radius 1 is 1.40 bits per heavy atom. The minimum atomic E-state index is -0.332. The first-order valence-electron chi connectivity index (χ1n) is 4.95. The molecule has 0 radical (unpaired) electrons.